The Balaban J connectivity index is 1.63. The minimum absolute atomic E-state index is 0.126. The van der Waals surface area contributed by atoms with Crippen LogP contribution in [0.2, 0.25) is 0 Å². The molecule has 0 unspecified atom stereocenters. The van der Waals surface area contributed by atoms with Gasteiger partial charge < -0.3 is 4.57 Å². The lowest BCUT2D eigenvalue weighted by atomic mass is 10.3. The molecule has 110 valence electrons. The van der Waals surface area contributed by atoms with E-state index in [4.69, 9.17) is 0 Å². The topological polar surface area (TPSA) is 38.1 Å². The summed E-state index contributed by atoms with van der Waals surface area (Å²) < 4.78 is 3.06. The second-order valence-corrected chi connectivity index (χ2v) is 7.04. The SMILES string of the molecule is Cc1csc(=O)n1CCN(C)Cc1nc2ccccc2s1. The summed E-state index contributed by atoms with van der Waals surface area (Å²) in [4.78, 5) is 18.7. The first-order chi connectivity index (χ1) is 10.1. The van der Waals surface area contributed by atoms with Crippen LogP contribution >= 0.6 is 22.7 Å². The number of para-hydroxylation sites is 1. The summed E-state index contributed by atoms with van der Waals surface area (Å²) in [6, 6.07) is 8.20. The molecular formula is C15H17N3OS2. The zero-order valence-electron chi connectivity index (χ0n) is 12.1. The van der Waals surface area contributed by atoms with E-state index in [1.165, 1.54) is 16.0 Å². The van der Waals surface area contributed by atoms with Crippen molar-refractivity contribution in [2.45, 2.75) is 20.0 Å². The first kappa shape index (κ1) is 14.4. The molecule has 0 aliphatic heterocycles. The summed E-state index contributed by atoms with van der Waals surface area (Å²) in [6.07, 6.45) is 0. The zero-order valence-corrected chi connectivity index (χ0v) is 13.7. The van der Waals surface area contributed by atoms with E-state index in [2.05, 4.69) is 23.0 Å². The fourth-order valence-corrected chi connectivity index (χ4v) is 4.05. The first-order valence-electron chi connectivity index (χ1n) is 6.81. The van der Waals surface area contributed by atoms with Crippen molar-refractivity contribution in [1.29, 1.82) is 0 Å². The quantitative estimate of drug-likeness (QED) is 0.726. The molecule has 21 heavy (non-hydrogen) atoms. The number of rotatable bonds is 5. The summed E-state index contributed by atoms with van der Waals surface area (Å²) >= 11 is 3.00. The highest BCUT2D eigenvalue weighted by molar-refractivity contribution is 7.18. The number of hydrogen-bond donors (Lipinski definition) is 0. The number of nitrogens with zero attached hydrogens (tertiary/aromatic N) is 3. The lowest BCUT2D eigenvalue weighted by molar-refractivity contribution is 0.309. The van der Waals surface area contributed by atoms with Gasteiger partial charge in [0.15, 0.2) is 0 Å². The summed E-state index contributed by atoms with van der Waals surface area (Å²) in [6.45, 7) is 4.37. The van der Waals surface area contributed by atoms with Crippen molar-refractivity contribution in [1.82, 2.24) is 14.5 Å². The van der Waals surface area contributed by atoms with E-state index in [-0.39, 0.29) is 4.87 Å². The molecular weight excluding hydrogens is 302 g/mol. The van der Waals surface area contributed by atoms with Crippen LogP contribution in [0.1, 0.15) is 10.7 Å². The molecule has 0 amide bonds. The number of thiazole rings is 2. The first-order valence-corrected chi connectivity index (χ1v) is 8.51. The van der Waals surface area contributed by atoms with Crippen molar-refractivity contribution >= 4 is 32.9 Å². The van der Waals surface area contributed by atoms with E-state index < -0.39 is 0 Å². The smallest absolute Gasteiger partial charge is 0.302 e. The van der Waals surface area contributed by atoms with Crippen molar-refractivity contribution in [3.05, 3.63) is 50.0 Å². The van der Waals surface area contributed by atoms with Gasteiger partial charge in [-0.05, 0) is 26.1 Å². The number of fused-ring (bicyclic) bond motifs is 1. The summed E-state index contributed by atoms with van der Waals surface area (Å²) in [5.74, 6) is 0. The standard InChI is InChI=1S/C15H17N3OS2/c1-11-10-20-15(19)18(11)8-7-17(2)9-14-16-12-5-3-4-6-13(12)21-14/h3-6,10H,7-9H2,1-2H3. The molecule has 0 aliphatic rings. The Hall–Kier alpha value is -1.50. The summed E-state index contributed by atoms with van der Waals surface area (Å²) in [5.41, 5.74) is 2.11. The fourth-order valence-electron chi connectivity index (χ4n) is 2.24. The van der Waals surface area contributed by atoms with Gasteiger partial charge in [0, 0.05) is 24.2 Å². The van der Waals surface area contributed by atoms with Crippen molar-refractivity contribution in [2.24, 2.45) is 0 Å². The van der Waals surface area contributed by atoms with Gasteiger partial charge in [0.05, 0.1) is 16.8 Å². The Bertz CT molecular complexity index is 769. The molecule has 1 aromatic carbocycles. The molecule has 0 aliphatic carbocycles. The third-order valence-corrected chi connectivity index (χ3v) is 5.33. The second kappa shape index (κ2) is 6.09. The Morgan fingerprint density at radius 1 is 1.33 bits per heavy atom. The molecule has 3 aromatic rings. The molecule has 0 atom stereocenters. The highest BCUT2D eigenvalue weighted by Crippen LogP contribution is 2.22. The van der Waals surface area contributed by atoms with Gasteiger partial charge in [-0.2, -0.15) is 0 Å². The maximum atomic E-state index is 11.7. The van der Waals surface area contributed by atoms with E-state index in [0.717, 1.165) is 35.9 Å². The average Bonchev–Trinajstić information content (AvgIpc) is 3.00. The van der Waals surface area contributed by atoms with Gasteiger partial charge in [0.2, 0.25) is 0 Å². The van der Waals surface area contributed by atoms with E-state index >= 15 is 0 Å². The largest absolute Gasteiger partial charge is 0.307 e. The van der Waals surface area contributed by atoms with Crippen LogP contribution in [-0.4, -0.2) is 28.0 Å². The van der Waals surface area contributed by atoms with Crippen LogP contribution < -0.4 is 4.87 Å². The average molecular weight is 319 g/mol. The number of likely N-dealkylation sites (N-methyl/N-ethyl adjacent to an activating group) is 1. The molecule has 0 saturated heterocycles. The maximum Gasteiger partial charge on any atom is 0.307 e. The van der Waals surface area contributed by atoms with Crippen LogP contribution in [-0.2, 0) is 13.1 Å². The summed E-state index contributed by atoms with van der Waals surface area (Å²) in [7, 11) is 2.07. The lowest BCUT2D eigenvalue weighted by Gasteiger charge is -2.15. The molecule has 0 saturated carbocycles. The number of aryl methyl sites for hydroxylation is 1. The van der Waals surface area contributed by atoms with Crippen LogP contribution in [0.3, 0.4) is 0 Å². The molecule has 0 N–H and O–H groups in total. The van der Waals surface area contributed by atoms with Crippen molar-refractivity contribution in [3.8, 4) is 0 Å². The van der Waals surface area contributed by atoms with Gasteiger partial charge in [-0.3, -0.25) is 9.69 Å². The summed E-state index contributed by atoms with van der Waals surface area (Å²) in [5, 5.41) is 3.03. The molecule has 0 fully saturated rings. The van der Waals surface area contributed by atoms with E-state index in [1.807, 2.05) is 35.1 Å². The minimum atomic E-state index is 0.126. The third-order valence-electron chi connectivity index (χ3n) is 3.43. The molecule has 2 aromatic heterocycles. The molecule has 0 spiro atoms. The molecule has 0 bridgehead atoms. The number of aromatic nitrogens is 2. The normalized spacial score (nSPS) is 11.6. The van der Waals surface area contributed by atoms with E-state index in [9.17, 15) is 4.79 Å². The van der Waals surface area contributed by atoms with Crippen LogP contribution in [0.5, 0.6) is 0 Å². The highest BCUT2D eigenvalue weighted by atomic mass is 32.1. The Labute approximate surface area is 131 Å². The van der Waals surface area contributed by atoms with Crippen molar-refractivity contribution in [2.75, 3.05) is 13.6 Å². The van der Waals surface area contributed by atoms with Crippen LogP contribution in [0, 0.1) is 6.92 Å². The minimum Gasteiger partial charge on any atom is -0.302 e. The van der Waals surface area contributed by atoms with Gasteiger partial charge in [0.1, 0.15) is 5.01 Å². The maximum absolute atomic E-state index is 11.7. The predicted molar refractivity (Wildman–Crippen MR) is 89.3 cm³/mol. The van der Waals surface area contributed by atoms with Gasteiger partial charge in [-0.1, -0.05) is 23.5 Å². The van der Waals surface area contributed by atoms with E-state index in [0.29, 0.717) is 0 Å². The molecule has 6 heteroatoms. The monoisotopic (exact) mass is 319 g/mol. The molecule has 4 nitrogen and oxygen atoms in total. The lowest BCUT2D eigenvalue weighted by Crippen LogP contribution is -2.26. The fraction of sp³-hybridized carbons (Fsp3) is 0.333. The van der Waals surface area contributed by atoms with Crippen molar-refractivity contribution < 1.29 is 0 Å². The Morgan fingerprint density at radius 3 is 2.86 bits per heavy atom. The molecule has 3 rings (SSSR count). The van der Waals surface area contributed by atoms with Crippen LogP contribution in [0.4, 0.5) is 0 Å². The van der Waals surface area contributed by atoms with Gasteiger partial charge in [0.25, 0.3) is 0 Å². The van der Waals surface area contributed by atoms with Gasteiger partial charge in [-0.25, -0.2) is 4.98 Å². The van der Waals surface area contributed by atoms with Gasteiger partial charge >= 0.3 is 4.87 Å². The number of benzene rings is 1. The molecule has 2 heterocycles. The Kier molecular flexibility index (Phi) is 4.19. The Morgan fingerprint density at radius 2 is 2.14 bits per heavy atom. The highest BCUT2D eigenvalue weighted by Gasteiger charge is 2.08. The molecule has 0 radical (unpaired) electrons. The van der Waals surface area contributed by atoms with Crippen LogP contribution in [0.15, 0.2) is 34.4 Å². The third kappa shape index (κ3) is 3.23. The predicted octanol–water partition coefficient (Wildman–Crippen LogP) is 2.96. The van der Waals surface area contributed by atoms with Crippen molar-refractivity contribution in [3.63, 3.8) is 0 Å². The number of hydrogen-bond acceptors (Lipinski definition) is 5. The van der Waals surface area contributed by atoms with Crippen LogP contribution in [0.25, 0.3) is 10.2 Å². The van der Waals surface area contributed by atoms with E-state index in [1.54, 1.807) is 11.3 Å². The second-order valence-electron chi connectivity index (χ2n) is 5.11. The van der Waals surface area contributed by atoms with Gasteiger partial charge in [-0.15, -0.1) is 11.3 Å². The zero-order chi connectivity index (χ0) is 14.8.